The van der Waals surface area contributed by atoms with E-state index in [4.69, 9.17) is 0 Å². The summed E-state index contributed by atoms with van der Waals surface area (Å²) in [5.41, 5.74) is 1.73. The number of anilines is 2. The molecule has 1 aliphatic rings. The first-order valence-corrected chi connectivity index (χ1v) is 9.83. The number of aromatic nitrogens is 1. The number of carbonyl (C=O) groups excluding carboxylic acids is 2. The SMILES string of the molecule is O=C(Nc1nc2c(s1)CN(C(=O)Nc1ccccc1)CC2)c1cccs1. The van der Waals surface area contributed by atoms with Crippen LogP contribution in [0, 0.1) is 0 Å². The van der Waals surface area contributed by atoms with Gasteiger partial charge in [-0.3, -0.25) is 10.1 Å². The van der Waals surface area contributed by atoms with Crippen molar-refractivity contribution < 1.29 is 9.59 Å². The molecule has 2 aromatic heterocycles. The second-order valence-electron chi connectivity index (χ2n) is 5.79. The first-order valence-electron chi connectivity index (χ1n) is 8.13. The lowest BCUT2D eigenvalue weighted by atomic mass is 10.2. The van der Waals surface area contributed by atoms with Gasteiger partial charge in [-0.15, -0.1) is 11.3 Å². The fourth-order valence-electron chi connectivity index (χ4n) is 2.71. The molecule has 26 heavy (non-hydrogen) atoms. The summed E-state index contributed by atoms with van der Waals surface area (Å²) in [7, 11) is 0. The van der Waals surface area contributed by atoms with E-state index in [0.717, 1.165) is 16.3 Å². The smallest absolute Gasteiger partial charge is 0.319 e. The summed E-state index contributed by atoms with van der Waals surface area (Å²) in [6, 6.07) is 12.9. The van der Waals surface area contributed by atoms with Crippen molar-refractivity contribution in [2.75, 3.05) is 17.2 Å². The minimum absolute atomic E-state index is 0.126. The highest BCUT2D eigenvalue weighted by atomic mass is 32.1. The van der Waals surface area contributed by atoms with Gasteiger partial charge in [0, 0.05) is 23.5 Å². The van der Waals surface area contributed by atoms with Gasteiger partial charge in [-0.25, -0.2) is 9.78 Å². The predicted molar refractivity (Wildman–Crippen MR) is 104 cm³/mol. The maximum atomic E-state index is 12.4. The number of amides is 3. The molecular weight excluding hydrogens is 368 g/mol. The quantitative estimate of drug-likeness (QED) is 0.715. The van der Waals surface area contributed by atoms with Gasteiger partial charge < -0.3 is 10.2 Å². The molecule has 132 valence electrons. The van der Waals surface area contributed by atoms with Crippen LogP contribution in [-0.4, -0.2) is 28.4 Å². The number of benzene rings is 1. The summed E-state index contributed by atoms with van der Waals surface area (Å²) in [6.45, 7) is 1.11. The van der Waals surface area contributed by atoms with Crippen LogP contribution in [0.3, 0.4) is 0 Å². The molecule has 0 bridgehead atoms. The van der Waals surface area contributed by atoms with Crippen molar-refractivity contribution >= 4 is 45.4 Å². The first-order chi connectivity index (χ1) is 12.7. The molecule has 3 aromatic rings. The third-order valence-corrected chi connectivity index (χ3v) is 5.88. The fourth-order valence-corrected chi connectivity index (χ4v) is 4.35. The van der Waals surface area contributed by atoms with E-state index in [1.54, 1.807) is 11.0 Å². The number of hydrogen-bond acceptors (Lipinski definition) is 5. The van der Waals surface area contributed by atoms with Crippen LogP contribution < -0.4 is 10.6 Å². The number of rotatable bonds is 3. The average molecular weight is 384 g/mol. The zero-order valence-electron chi connectivity index (χ0n) is 13.8. The maximum Gasteiger partial charge on any atom is 0.322 e. The van der Waals surface area contributed by atoms with Crippen LogP contribution >= 0.6 is 22.7 Å². The number of para-hydroxylation sites is 1. The topological polar surface area (TPSA) is 74.3 Å². The predicted octanol–water partition coefficient (Wildman–Crippen LogP) is 4.05. The lowest BCUT2D eigenvalue weighted by Crippen LogP contribution is -2.38. The molecule has 6 nitrogen and oxygen atoms in total. The van der Waals surface area contributed by atoms with Crippen molar-refractivity contribution in [2.24, 2.45) is 0 Å². The monoisotopic (exact) mass is 384 g/mol. The molecule has 0 saturated heterocycles. The number of thiazole rings is 1. The van der Waals surface area contributed by atoms with Crippen molar-refractivity contribution in [1.82, 2.24) is 9.88 Å². The highest BCUT2D eigenvalue weighted by Gasteiger charge is 2.24. The van der Waals surface area contributed by atoms with E-state index in [2.05, 4.69) is 15.6 Å². The molecule has 3 amide bonds. The summed E-state index contributed by atoms with van der Waals surface area (Å²) >= 11 is 2.82. The molecule has 2 N–H and O–H groups in total. The maximum absolute atomic E-state index is 12.4. The number of hydrogen-bond donors (Lipinski definition) is 2. The molecular formula is C18H16N4O2S2. The van der Waals surface area contributed by atoms with E-state index >= 15 is 0 Å². The van der Waals surface area contributed by atoms with Crippen LogP contribution in [0.5, 0.6) is 0 Å². The number of nitrogens with zero attached hydrogens (tertiary/aromatic N) is 2. The Labute approximate surface area is 158 Å². The Kier molecular flexibility index (Phi) is 4.68. The van der Waals surface area contributed by atoms with E-state index in [1.165, 1.54) is 22.7 Å². The lowest BCUT2D eigenvalue weighted by molar-refractivity contribution is 0.103. The van der Waals surface area contributed by atoms with Crippen molar-refractivity contribution in [3.63, 3.8) is 0 Å². The number of fused-ring (bicyclic) bond motifs is 1. The van der Waals surface area contributed by atoms with Gasteiger partial charge >= 0.3 is 6.03 Å². The minimum atomic E-state index is -0.148. The van der Waals surface area contributed by atoms with Crippen molar-refractivity contribution in [3.8, 4) is 0 Å². The Hall–Kier alpha value is -2.71. The number of nitrogens with one attached hydrogen (secondary N) is 2. The van der Waals surface area contributed by atoms with Gasteiger partial charge in [-0.2, -0.15) is 0 Å². The molecule has 0 atom stereocenters. The molecule has 1 aromatic carbocycles. The average Bonchev–Trinajstić information content (AvgIpc) is 3.31. The summed E-state index contributed by atoms with van der Waals surface area (Å²) in [4.78, 5) is 32.5. The molecule has 0 fully saturated rings. The molecule has 0 saturated carbocycles. The Morgan fingerprint density at radius 2 is 1.92 bits per heavy atom. The van der Waals surface area contributed by atoms with Crippen LogP contribution in [0.4, 0.5) is 15.6 Å². The summed E-state index contributed by atoms with van der Waals surface area (Å²) in [5.74, 6) is -0.148. The highest BCUT2D eigenvalue weighted by molar-refractivity contribution is 7.16. The molecule has 3 heterocycles. The van der Waals surface area contributed by atoms with Gasteiger partial charge in [0.2, 0.25) is 0 Å². The molecule has 0 unspecified atom stereocenters. The van der Waals surface area contributed by atoms with Crippen LogP contribution in [0.2, 0.25) is 0 Å². The molecule has 8 heteroatoms. The van der Waals surface area contributed by atoms with E-state index in [9.17, 15) is 9.59 Å². The standard InChI is InChI=1S/C18H16N4O2S2/c23-16(14-7-4-10-25-14)21-17-20-13-8-9-22(11-15(13)26-17)18(24)19-12-5-2-1-3-6-12/h1-7,10H,8-9,11H2,(H,19,24)(H,20,21,23). The van der Waals surface area contributed by atoms with Gasteiger partial charge in [0.15, 0.2) is 5.13 Å². The van der Waals surface area contributed by atoms with Gasteiger partial charge in [0.05, 0.1) is 17.1 Å². The molecule has 1 aliphatic heterocycles. The number of thiophene rings is 1. The van der Waals surface area contributed by atoms with E-state index in [1.807, 2.05) is 41.8 Å². The van der Waals surface area contributed by atoms with Crippen LogP contribution in [0.1, 0.15) is 20.2 Å². The van der Waals surface area contributed by atoms with E-state index < -0.39 is 0 Å². The van der Waals surface area contributed by atoms with Crippen LogP contribution in [-0.2, 0) is 13.0 Å². The molecule has 0 radical (unpaired) electrons. The van der Waals surface area contributed by atoms with Crippen molar-refractivity contribution in [3.05, 3.63) is 63.3 Å². The third-order valence-electron chi connectivity index (χ3n) is 4.01. The first kappa shape index (κ1) is 16.7. The summed E-state index contributed by atoms with van der Waals surface area (Å²) in [5, 5.41) is 8.20. The fraction of sp³-hybridized carbons (Fsp3) is 0.167. The van der Waals surface area contributed by atoms with Gasteiger partial charge in [-0.05, 0) is 23.6 Å². The second-order valence-corrected chi connectivity index (χ2v) is 7.82. The van der Waals surface area contributed by atoms with Crippen LogP contribution in [0.25, 0.3) is 0 Å². The largest absolute Gasteiger partial charge is 0.322 e. The number of carbonyl (C=O) groups is 2. The minimum Gasteiger partial charge on any atom is -0.319 e. The van der Waals surface area contributed by atoms with Crippen LogP contribution in [0.15, 0.2) is 47.8 Å². The van der Waals surface area contributed by atoms with E-state index in [-0.39, 0.29) is 11.9 Å². The Balaban J connectivity index is 1.41. The zero-order valence-corrected chi connectivity index (χ0v) is 15.4. The lowest BCUT2D eigenvalue weighted by Gasteiger charge is -2.26. The highest BCUT2D eigenvalue weighted by Crippen LogP contribution is 2.29. The Bertz CT molecular complexity index is 922. The third kappa shape index (κ3) is 3.61. The van der Waals surface area contributed by atoms with Gasteiger partial charge in [0.25, 0.3) is 5.91 Å². The molecule has 0 aliphatic carbocycles. The second kappa shape index (κ2) is 7.27. The number of urea groups is 1. The van der Waals surface area contributed by atoms with Gasteiger partial charge in [-0.1, -0.05) is 35.6 Å². The molecule has 4 rings (SSSR count). The van der Waals surface area contributed by atoms with E-state index in [0.29, 0.717) is 29.5 Å². The van der Waals surface area contributed by atoms with Gasteiger partial charge in [0.1, 0.15) is 0 Å². The normalized spacial score (nSPS) is 13.2. The van der Waals surface area contributed by atoms with Crippen molar-refractivity contribution in [2.45, 2.75) is 13.0 Å². The Morgan fingerprint density at radius 3 is 2.69 bits per heavy atom. The molecule has 0 spiro atoms. The summed E-state index contributed by atoms with van der Waals surface area (Å²) < 4.78 is 0. The Morgan fingerprint density at radius 1 is 1.08 bits per heavy atom. The van der Waals surface area contributed by atoms with Crippen molar-refractivity contribution in [1.29, 1.82) is 0 Å². The zero-order chi connectivity index (χ0) is 17.9. The summed E-state index contributed by atoms with van der Waals surface area (Å²) in [6.07, 6.45) is 0.683.